The second-order valence-electron chi connectivity index (χ2n) is 10.3. The van der Waals surface area contributed by atoms with E-state index >= 15 is 0 Å². The number of nitrogen functional groups attached to an aromatic ring is 1. The van der Waals surface area contributed by atoms with Crippen LogP contribution in [0.2, 0.25) is 5.02 Å². The molecule has 1 aromatic heterocycles. The highest BCUT2D eigenvalue weighted by Gasteiger charge is 2.41. The van der Waals surface area contributed by atoms with Gasteiger partial charge in [-0.15, -0.1) is 11.3 Å². The Labute approximate surface area is 245 Å². The molecule has 0 radical (unpaired) electrons. The zero-order valence-corrected chi connectivity index (χ0v) is 24.6. The molecule has 1 aliphatic rings. The maximum atomic E-state index is 14.9. The molecule has 0 saturated carbocycles. The molecule has 1 aliphatic heterocycles. The molecule has 0 spiro atoms. The number of hydrogen-bond donors (Lipinski definition) is 4. The molecule has 41 heavy (non-hydrogen) atoms. The lowest BCUT2D eigenvalue weighted by molar-refractivity contribution is 0.0684. The Morgan fingerprint density at radius 3 is 2.61 bits per heavy atom. The predicted octanol–water partition coefficient (Wildman–Crippen LogP) is 5.87. The van der Waals surface area contributed by atoms with Crippen molar-refractivity contribution >= 4 is 56.5 Å². The number of anilines is 2. The number of carboxylic acid groups (broad SMARTS) is 2. The number of ether oxygens (including phenoxy) is 1. The minimum absolute atomic E-state index is 0.00558. The van der Waals surface area contributed by atoms with Gasteiger partial charge in [-0.3, -0.25) is 0 Å². The van der Waals surface area contributed by atoms with Gasteiger partial charge in [-0.2, -0.15) is 4.31 Å². The Morgan fingerprint density at radius 2 is 1.98 bits per heavy atom. The maximum Gasteiger partial charge on any atom is 0.506 e. The van der Waals surface area contributed by atoms with Gasteiger partial charge in [0.1, 0.15) is 17.3 Å². The lowest BCUT2D eigenvalue weighted by Crippen LogP contribution is -2.55. The standard InChI is InChI=1S/C27H29ClFN3O7S2/c1-27(2)12-18(8-9-32(27)41(37,38)14-15-4-3-5-17(30)10-15)31-21-11-16(6-7-20(21)29)23-22(28)19(13-39-26(35)36)24(40-23)25(33)34/h3-7,10-11,18,31H,8-9,12-14,30H2,1-2H3,(H,33,34)(H,35,36)/t18-/m0/s1. The van der Waals surface area contributed by atoms with Gasteiger partial charge in [0, 0.05) is 29.4 Å². The third-order valence-corrected chi connectivity index (χ3v) is 10.6. The van der Waals surface area contributed by atoms with Gasteiger partial charge >= 0.3 is 12.1 Å². The van der Waals surface area contributed by atoms with E-state index in [1.54, 1.807) is 24.3 Å². The Balaban J connectivity index is 1.54. The minimum atomic E-state index is -3.66. The van der Waals surface area contributed by atoms with Crippen LogP contribution < -0.4 is 11.1 Å². The summed E-state index contributed by atoms with van der Waals surface area (Å²) in [5.74, 6) is -2.04. The van der Waals surface area contributed by atoms with Crippen LogP contribution >= 0.6 is 22.9 Å². The zero-order valence-electron chi connectivity index (χ0n) is 22.2. The molecule has 0 bridgehead atoms. The fourth-order valence-corrected chi connectivity index (χ4v) is 8.49. The first-order valence-corrected chi connectivity index (χ1v) is 15.3. The molecule has 1 atom stereocenters. The van der Waals surface area contributed by atoms with E-state index in [1.807, 2.05) is 13.8 Å². The molecule has 220 valence electrons. The molecule has 0 amide bonds. The number of nitrogens with one attached hydrogen (secondary N) is 1. The quantitative estimate of drug-likeness (QED) is 0.168. The zero-order chi connectivity index (χ0) is 30.1. The number of nitrogens with zero attached hydrogens (tertiary/aromatic N) is 1. The van der Waals surface area contributed by atoms with E-state index in [2.05, 4.69) is 10.1 Å². The molecule has 3 aromatic rings. The summed E-state index contributed by atoms with van der Waals surface area (Å²) in [4.78, 5) is 22.7. The Morgan fingerprint density at radius 1 is 1.24 bits per heavy atom. The molecule has 10 nitrogen and oxygen atoms in total. The van der Waals surface area contributed by atoms with Crippen molar-refractivity contribution in [2.45, 2.75) is 50.6 Å². The molecule has 5 N–H and O–H groups in total. The van der Waals surface area contributed by atoms with E-state index in [0.29, 0.717) is 34.5 Å². The van der Waals surface area contributed by atoms with Gasteiger partial charge in [-0.05, 0) is 62.1 Å². The molecular formula is C27H29ClFN3O7S2. The number of carboxylic acids is 1. The number of nitrogens with two attached hydrogens (primary N) is 1. The first-order valence-electron chi connectivity index (χ1n) is 12.5. The maximum absolute atomic E-state index is 14.9. The van der Waals surface area contributed by atoms with Gasteiger partial charge in [0.2, 0.25) is 10.0 Å². The highest BCUT2D eigenvalue weighted by molar-refractivity contribution is 7.88. The van der Waals surface area contributed by atoms with Crippen molar-refractivity contribution in [1.29, 1.82) is 0 Å². The van der Waals surface area contributed by atoms with Crippen LogP contribution in [0, 0.1) is 5.82 Å². The fraction of sp³-hybridized carbons (Fsp3) is 0.333. The third-order valence-electron chi connectivity index (χ3n) is 6.80. The van der Waals surface area contributed by atoms with Crippen LogP contribution in [0.3, 0.4) is 0 Å². The second-order valence-corrected chi connectivity index (χ2v) is 13.6. The van der Waals surface area contributed by atoms with Crippen LogP contribution in [0.4, 0.5) is 20.6 Å². The SMILES string of the molecule is CC1(C)C[C@@H](Nc2cc(-c3sc(C(=O)O)c(COC(=O)O)c3Cl)ccc2F)CCN1S(=O)(=O)Cc1cccc(N)c1. The highest BCUT2D eigenvalue weighted by Crippen LogP contribution is 2.42. The summed E-state index contributed by atoms with van der Waals surface area (Å²) in [5.41, 5.74) is 6.69. The fourth-order valence-electron chi connectivity index (χ4n) is 5.06. The number of rotatable bonds is 9. The van der Waals surface area contributed by atoms with E-state index in [1.165, 1.54) is 22.5 Å². The van der Waals surface area contributed by atoms with E-state index < -0.39 is 40.1 Å². The summed E-state index contributed by atoms with van der Waals surface area (Å²) in [6.07, 6.45) is -0.764. The Bertz CT molecular complexity index is 1590. The largest absolute Gasteiger partial charge is 0.506 e. The molecule has 1 saturated heterocycles. The van der Waals surface area contributed by atoms with Crippen molar-refractivity contribution in [3.63, 3.8) is 0 Å². The Hall–Kier alpha value is -3.39. The number of thiophene rings is 1. The van der Waals surface area contributed by atoms with E-state index in [4.69, 9.17) is 22.4 Å². The summed E-state index contributed by atoms with van der Waals surface area (Å²) in [7, 11) is -3.66. The molecule has 1 fully saturated rings. The average Bonchev–Trinajstić information content (AvgIpc) is 3.19. The highest BCUT2D eigenvalue weighted by atomic mass is 35.5. The van der Waals surface area contributed by atoms with Gasteiger partial charge in [0.05, 0.1) is 21.3 Å². The normalized spacial score (nSPS) is 17.2. The van der Waals surface area contributed by atoms with Crippen molar-refractivity contribution in [1.82, 2.24) is 4.31 Å². The monoisotopic (exact) mass is 625 g/mol. The first kappa shape index (κ1) is 30.6. The van der Waals surface area contributed by atoms with Gasteiger partial charge in [-0.25, -0.2) is 22.4 Å². The van der Waals surface area contributed by atoms with Crippen molar-refractivity contribution in [2.75, 3.05) is 17.6 Å². The van der Waals surface area contributed by atoms with Crippen LogP contribution in [-0.2, 0) is 27.1 Å². The third kappa shape index (κ3) is 6.92. The summed E-state index contributed by atoms with van der Waals surface area (Å²) < 4.78 is 47.5. The van der Waals surface area contributed by atoms with Crippen LogP contribution in [0.15, 0.2) is 42.5 Å². The number of sulfonamides is 1. The van der Waals surface area contributed by atoms with Crippen molar-refractivity contribution in [3.8, 4) is 10.4 Å². The lowest BCUT2D eigenvalue weighted by atomic mass is 9.89. The van der Waals surface area contributed by atoms with Crippen LogP contribution in [0.25, 0.3) is 10.4 Å². The summed E-state index contributed by atoms with van der Waals surface area (Å²) in [6, 6.07) is 10.6. The first-order chi connectivity index (χ1) is 19.2. The molecule has 2 heterocycles. The molecule has 14 heteroatoms. The van der Waals surface area contributed by atoms with E-state index in [0.717, 1.165) is 11.3 Å². The second kappa shape index (κ2) is 11.8. The van der Waals surface area contributed by atoms with Crippen molar-refractivity contribution < 1.29 is 37.3 Å². The summed E-state index contributed by atoms with van der Waals surface area (Å²) in [5, 5.41) is 21.6. The minimum Gasteiger partial charge on any atom is -0.477 e. The number of hydrogen-bond acceptors (Lipinski definition) is 8. The van der Waals surface area contributed by atoms with Crippen LogP contribution in [0.5, 0.6) is 0 Å². The van der Waals surface area contributed by atoms with Gasteiger partial charge < -0.3 is 26.0 Å². The lowest BCUT2D eigenvalue weighted by Gasteiger charge is -2.45. The molecule has 0 unspecified atom stereocenters. The van der Waals surface area contributed by atoms with Crippen LogP contribution in [-0.4, -0.2) is 53.2 Å². The summed E-state index contributed by atoms with van der Waals surface area (Å²) in [6.45, 7) is 3.32. The number of carbonyl (C=O) groups is 2. The number of aromatic carboxylic acids is 1. The van der Waals surface area contributed by atoms with Gasteiger partial charge in [-0.1, -0.05) is 29.8 Å². The van der Waals surface area contributed by atoms with Crippen LogP contribution in [0.1, 0.15) is 47.5 Å². The van der Waals surface area contributed by atoms with E-state index in [9.17, 15) is 27.5 Å². The van der Waals surface area contributed by atoms with Gasteiger partial charge in [0.15, 0.2) is 0 Å². The number of halogens is 2. The summed E-state index contributed by atoms with van der Waals surface area (Å²) >= 11 is 7.26. The van der Waals surface area contributed by atoms with Gasteiger partial charge in [0.25, 0.3) is 0 Å². The van der Waals surface area contributed by atoms with Crippen molar-refractivity contribution in [2.24, 2.45) is 0 Å². The molecule has 2 aromatic carbocycles. The molecule has 4 rings (SSSR count). The topological polar surface area (TPSA) is 159 Å². The number of benzene rings is 2. The molecule has 0 aliphatic carbocycles. The average molecular weight is 626 g/mol. The van der Waals surface area contributed by atoms with Crippen molar-refractivity contribution in [3.05, 3.63) is 69.3 Å². The smallest absolute Gasteiger partial charge is 0.477 e. The van der Waals surface area contributed by atoms with E-state index in [-0.39, 0.29) is 39.5 Å². The molecular weight excluding hydrogens is 597 g/mol. The Kier molecular flexibility index (Phi) is 8.83. The predicted molar refractivity (Wildman–Crippen MR) is 155 cm³/mol. The number of piperidine rings is 1.